The molecule has 1 spiro atoms. The van der Waals surface area contributed by atoms with E-state index in [0.29, 0.717) is 0 Å². The number of rotatable bonds is 1. The lowest BCUT2D eigenvalue weighted by molar-refractivity contribution is -0.139. The molecule has 1 saturated carbocycles. The lowest BCUT2D eigenvalue weighted by Gasteiger charge is -2.22. The second kappa shape index (κ2) is 2.21. The van der Waals surface area contributed by atoms with Crippen molar-refractivity contribution in [1.82, 2.24) is 5.32 Å². The van der Waals surface area contributed by atoms with Gasteiger partial charge in [0.05, 0.1) is 5.92 Å². The summed E-state index contributed by atoms with van der Waals surface area (Å²) in [6, 6.07) is 0. The third-order valence-electron chi connectivity index (χ3n) is 3.09. The molecule has 2 fully saturated rings. The van der Waals surface area contributed by atoms with E-state index in [1.54, 1.807) is 0 Å². The third kappa shape index (κ3) is 1.03. The molecule has 0 radical (unpaired) electrons. The first-order valence-corrected chi connectivity index (χ1v) is 4.18. The fourth-order valence-corrected chi connectivity index (χ4v) is 2.17. The summed E-state index contributed by atoms with van der Waals surface area (Å²) in [6.45, 7) is 2.01. The van der Waals surface area contributed by atoms with Gasteiger partial charge in [0, 0.05) is 0 Å². The number of carbonyl (C=O) groups is 1. The molecular formula is C8H13NO2. The smallest absolute Gasteiger partial charge is 0.307 e. The van der Waals surface area contributed by atoms with Crippen LogP contribution < -0.4 is 5.32 Å². The minimum absolute atomic E-state index is 0.0235. The maximum Gasteiger partial charge on any atom is 0.307 e. The summed E-state index contributed by atoms with van der Waals surface area (Å²) in [6.07, 6.45) is 3.04. The lowest BCUT2D eigenvalue weighted by Crippen LogP contribution is -2.30. The Morgan fingerprint density at radius 2 is 2.09 bits per heavy atom. The normalized spacial score (nSPS) is 33.6. The van der Waals surface area contributed by atoms with Gasteiger partial charge in [-0.15, -0.1) is 0 Å². The predicted octanol–water partition coefficient (Wildman–Crippen LogP) is 0.461. The van der Waals surface area contributed by atoms with Gasteiger partial charge in [0.1, 0.15) is 0 Å². The largest absolute Gasteiger partial charge is 0.481 e. The highest BCUT2D eigenvalue weighted by atomic mass is 16.4. The third-order valence-corrected chi connectivity index (χ3v) is 3.09. The quantitative estimate of drug-likeness (QED) is 0.578. The van der Waals surface area contributed by atoms with Gasteiger partial charge in [-0.2, -0.15) is 0 Å². The van der Waals surface area contributed by atoms with Crippen molar-refractivity contribution in [3.63, 3.8) is 0 Å². The standard InChI is InChI=1S/C8H13NO2/c10-7(11)6-5-8(6)1-3-9-4-2-8/h6,9H,1-5H2,(H,10,11)/t6-/m1/s1. The Bertz CT molecular complexity index is 185. The van der Waals surface area contributed by atoms with Gasteiger partial charge in [-0.1, -0.05) is 0 Å². The minimum atomic E-state index is -0.591. The Balaban J connectivity index is 1.99. The summed E-state index contributed by atoms with van der Waals surface area (Å²) >= 11 is 0. The molecule has 1 saturated heterocycles. The van der Waals surface area contributed by atoms with Crippen molar-refractivity contribution in [2.75, 3.05) is 13.1 Å². The number of carboxylic acid groups (broad SMARTS) is 1. The van der Waals surface area contributed by atoms with Crippen LogP contribution in [-0.4, -0.2) is 24.2 Å². The van der Waals surface area contributed by atoms with Crippen LogP contribution in [0.1, 0.15) is 19.3 Å². The molecular weight excluding hydrogens is 142 g/mol. The van der Waals surface area contributed by atoms with Gasteiger partial charge in [0.25, 0.3) is 0 Å². The van der Waals surface area contributed by atoms with Gasteiger partial charge in [0.15, 0.2) is 0 Å². The fraction of sp³-hybridized carbons (Fsp3) is 0.875. The molecule has 0 aromatic rings. The molecule has 2 rings (SSSR count). The van der Waals surface area contributed by atoms with Crippen LogP contribution in [0.25, 0.3) is 0 Å². The van der Waals surface area contributed by atoms with E-state index < -0.39 is 5.97 Å². The molecule has 1 atom stereocenters. The van der Waals surface area contributed by atoms with E-state index in [4.69, 9.17) is 5.11 Å². The molecule has 1 aliphatic carbocycles. The maximum atomic E-state index is 10.6. The Morgan fingerprint density at radius 1 is 1.45 bits per heavy atom. The van der Waals surface area contributed by atoms with Crippen LogP contribution in [-0.2, 0) is 4.79 Å². The van der Waals surface area contributed by atoms with E-state index in [-0.39, 0.29) is 11.3 Å². The van der Waals surface area contributed by atoms with Crippen molar-refractivity contribution in [1.29, 1.82) is 0 Å². The second-order valence-electron chi connectivity index (χ2n) is 3.71. The van der Waals surface area contributed by atoms with Crippen molar-refractivity contribution in [3.05, 3.63) is 0 Å². The molecule has 1 heterocycles. The van der Waals surface area contributed by atoms with Crippen molar-refractivity contribution in [2.24, 2.45) is 11.3 Å². The number of piperidine rings is 1. The zero-order chi connectivity index (χ0) is 7.90. The van der Waals surface area contributed by atoms with Gasteiger partial charge in [0.2, 0.25) is 0 Å². The average molecular weight is 155 g/mol. The van der Waals surface area contributed by atoms with Gasteiger partial charge < -0.3 is 10.4 Å². The van der Waals surface area contributed by atoms with Gasteiger partial charge in [-0.05, 0) is 37.8 Å². The average Bonchev–Trinajstić information content (AvgIpc) is 2.66. The first-order valence-electron chi connectivity index (χ1n) is 4.18. The molecule has 1 aliphatic heterocycles. The molecule has 2 aliphatic rings. The summed E-state index contributed by atoms with van der Waals surface area (Å²) in [5, 5.41) is 12.0. The molecule has 0 aromatic heterocycles. The maximum absolute atomic E-state index is 10.6. The van der Waals surface area contributed by atoms with Crippen LogP contribution in [0.3, 0.4) is 0 Å². The molecule has 3 nitrogen and oxygen atoms in total. The molecule has 2 N–H and O–H groups in total. The van der Waals surface area contributed by atoms with E-state index in [1.807, 2.05) is 0 Å². The SMILES string of the molecule is O=C(O)[C@H]1CC12CCNCC2. The molecule has 3 heteroatoms. The number of carboxylic acids is 1. The Hall–Kier alpha value is -0.570. The summed E-state index contributed by atoms with van der Waals surface area (Å²) in [7, 11) is 0. The fourth-order valence-electron chi connectivity index (χ4n) is 2.17. The lowest BCUT2D eigenvalue weighted by atomic mass is 9.92. The number of hydrogen-bond donors (Lipinski definition) is 2. The van der Waals surface area contributed by atoms with Crippen LogP contribution in [0.4, 0.5) is 0 Å². The minimum Gasteiger partial charge on any atom is -0.481 e. The zero-order valence-electron chi connectivity index (χ0n) is 6.47. The van der Waals surface area contributed by atoms with Crippen molar-refractivity contribution in [2.45, 2.75) is 19.3 Å². The summed E-state index contributed by atoms with van der Waals surface area (Å²) in [4.78, 5) is 10.6. The summed E-state index contributed by atoms with van der Waals surface area (Å²) in [5.74, 6) is -0.614. The second-order valence-corrected chi connectivity index (χ2v) is 3.71. The Labute approximate surface area is 65.8 Å². The van der Waals surface area contributed by atoms with Crippen LogP contribution >= 0.6 is 0 Å². The first-order chi connectivity index (χ1) is 5.25. The molecule has 0 unspecified atom stereocenters. The van der Waals surface area contributed by atoms with Crippen LogP contribution in [0.15, 0.2) is 0 Å². The number of aliphatic carboxylic acids is 1. The van der Waals surface area contributed by atoms with Crippen LogP contribution in [0, 0.1) is 11.3 Å². The molecule has 0 aromatic carbocycles. The van der Waals surface area contributed by atoms with Gasteiger partial charge >= 0.3 is 5.97 Å². The van der Waals surface area contributed by atoms with Gasteiger partial charge in [-0.3, -0.25) is 4.79 Å². The highest BCUT2D eigenvalue weighted by Gasteiger charge is 2.57. The summed E-state index contributed by atoms with van der Waals surface area (Å²) < 4.78 is 0. The van der Waals surface area contributed by atoms with Crippen molar-refractivity contribution < 1.29 is 9.90 Å². The summed E-state index contributed by atoms with van der Waals surface area (Å²) in [5.41, 5.74) is 0.205. The molecule has 62 valence electrons. The Morgan fingerprint density at radius 3 is 2.55 bits per heavy atom. The van der Waals surface area contributed by atoms with Crippen molar-refractivity contribution >= 4 is 5.97 Å². The van der Waals surface area contributed by atoms with Gasteiger partial charge in [-0.25, -0.2) is 0 Å². The molecule has 0 bridgehead atoms. The highest BCUT2D eigenvalue weighted by molar-refractivity contribution is 5.74. The molecule has 11 heavy (non-hydrogen) atoms. The first kappa shape index (κ1) is 7.10. The van der Waals surface area contributed by atoms with E-state index in [1.165, 1.54) is 0 Å². The van der Waals surface area contributed by atoms with E-state index in [9.17, 15) is 4.79 Å². The highest BCUT2D eigenvalue weighted by Crippen LogP contribution is 2.58. The zero-order valence-corrected chi connectivity index (χ0v) is 6.47. The Kier molecular flexibility index (Phi) is 1.42. The van der Waals surface area contributed by atoms with E-state index in [2.05, 4.69) is 5.32 Å². The van der Waals surface area contributed by atoms with E-state index in [0.717, 1.165) is 32.4 Å². The van der Waals surface area contributed by atoms with E-state index >= 15 is 0 Å². The number of nitrogens with one attached hydrogen (secondary N) is 1. The molecule has 0 amide bonds. The topological polar surface area (TPSA) is 49.3 Å². The predicted molar refractivity (Wildman–Crippen MR) is 40.3 cm³/mol. The monoisotopic (exact) mass is 155 g/mol. The number of hydrogen-bond acceptors (Lipinski definition) is 2. The van der Waals surface area contributed by atoms with Crippen LogP contribution in [0.2, 0.25) is 0 Å². The van der Waals surface area contributed by atoms with Crippen molar-refractivity contribution in [3.8, 4) is 0 Å². The van der Waals surface area contributed by atoms with Crippen LogP contribution in [0.5, 0.6) is 0 Å².